The van der Waals surface area contributed by atoms with Gasteiger partial charge >= 0.3 is 0 Å². The zero-order chi connectivity index (χ0) is 11.6. The highest BCUT2D eigenvalue weighted by Crippen LogP contribution is 2.26. The van der Waals surface area contributed by atoms with Crippen LogP contribution in [-0.4, -0.2) is 13.0 Å². The van der Waals surface area contributed by atoms with Gasteiger partial charge in [0.05, 0.1) is 4.90 Å². The highest BCUT2D eigenvalue weighted by atomic mass is 32.2. The molecular formula is C12H9O3S-. The van der Waals surface area contributed by atoms with Crippen LogP contribution in [0.2, 0.25) is 0 Å². The number of hydrogen-bond donors (Lipinski definition) is 0. The molecule has 0 heterocycles. The van der Waals surface area contributed by atoms with Gasteiger partial charge in [-0.25, -0.2) is 8.42 Å². The van der Waals surface area contributed by atoms with Gasteiger partial charge in [0.15, 0.2) is 0 Å². The Labute approximate surface area is 94.1 Å². The first kappa shape index (κ1) is 10.9. The van der Waals surface area contributed by atoms with Crippen molar-refractivity contribution in [3.05, 3.63) is 54.6 Å². The fourth-order valence-corrected chi connectivity index (χ4v) is 2.24. The smallest absolute Gasteiger partial charge is 0.125 e. The molecule has 2 aromatic rings. The van der Waals surface area contributed by atoms with Crippen LogP contribution in [0.4, 0.5) is 0 Å². The molecule has 16 heavy (non-hydrogen) atoms. The Balaban J connectivity index is 2.68. The lowest BCUT2D eigenvalue weighted by molar-refractivity contribution is 0.463. The Morgan fingerprint density at radius 1 is 0.812 bits per heavy atom. The lowest BCUT2D eigenvalue weighted by Gasteiger charge is -2.12. The molecule has 4 heteroatoms. The van der Waals surface area contributed by atoms with Crippen LogP contribution in [0.3, 0.4) is 0 Å². The monoisotopic (exact) mass is 233 g/mol. The topological polar surface area (TPSA) is 57.2 Å². The first-order chi connectivity index (χ1) is 7.59. The summed E-state index contributed by atoms with van der Waals surface area (Å²) in [6.07, 6.45) is 0. The minimum atomic E-state index is -4.43. The van der Waals surface area contributed by atoms with Gasteiger partial charge in [0.1, 0.15) is 10.1 Å². The van der Waals surface area contributed by atoms with Crippen molar-refractivity contribution in [3.63, 3.8) is 0 Å². The van der Waals surface area contributed by atoms with Crippen molar-refractivity contribution in [2.24, 2.45) is 0 Å². The van der Waals surface area contributed by atoms with E-state index < -0.39 is 10.1 Å². The zero-order valence-electron chi connectivity index (χ0n) is 8.33. The summed E-state index contributed by atoms with van der Waals surface area (Å²) in [7, 11) is -4.43. The summed E-state index contributed by atoms with van der Waals surface area (Å²) in [6, 6.07) is 15.2. The van der Waals surface area contributed by atoms with E-state index in [1.807, 2.05) is 6.07 Å². The molecule has 0 aliphatic heterocycles. The molecule has 0 radical (unpaired) electrons. The third-order valence-corrected chi connectivity index (χ3v) is 3.14. The van der Waals surface area contributed by atoms with Crippen molar-refractivity contribution in [1.82, 2.24) is 0 Å². The maximum absolute atomic E-state index is 11.1. The van der Waals surface area contributed by atoms with E-state index in [1.54, 1.807) is 36.4 Å². The molecule has 0 unspecified atom stereocenters. The summed E-state index contributed by atoms with van der Waals surface area (Å²) < 4.78 is 33.2. The number of hydrogen-bond acceptors (Lipinski definition) is 3. The van der Waals surface area contributed by atoms with Gasteiger partial charge in [0.25, 0.3) is 0 Å². The van der Waals surface area contributed by atoms with E-state index in [2.05, 4.69) is 0 Å². The summed E-state index contributed by atoms with van der Waals surface area (Å²) in [5.41, 5.74) is 1.16. The molecule has 0 saturated carbocycles. The molecule has 0 N–H and O–H groups in total. The average Bonchev–Trinajstić information content (AvgIpc) is 2.29. The average molecular weight is 233 g/mol. The molecule has 0 fully saturated rings. The molecule has 0 aliphatic rings. The minimum absolute atomic E-state index is 0.179. The Hall–Kier alpha value is -1.65. The van der Waals surface area contributed by atoms with Gasteiger partial charge < -0.3 is 4.55 Å². The molecule has 2 aromatic carbocycles. The van der Waals surface area contributed by atoms with Crippen LogP contribution in [0.1, 0.15) is 0 Å². The second-order valence-corrected chi connectivity index (χ2v) is 4.66. The van der Waals surface area contributed by atoms with Crippen molar-refractivity contribution in [2.45, 2.75) is 4.90 Å². The molecule has 82 valence electrons. The Morgan fingerprint density at radius 3 is 2.00 bits per heavy atom. The molecule has 0 aromatic heterocycles. The summed E-state index contributed by atoms with van der Waals surface area (Å²) >= 11 is 0. The first-order valence-electron chi connectivity index (χ1n) is 4.69. The van der Waals surface area contributed by atoms with Gasteiger partial charge in [0, 0.05) is 0 Å². The molecular weight excluding hydrogens is 224 g/mol. The van der Waals surface area contributed by atoms with Crippen LogP contribution in [0.5, 0.6) is 0 Å². The second kappa shape index (κ2) is 4.08. The molecule has 0 amide bonds. The number of benzene rings is 2. The lowest BCUT2D eigenvalue weighted by atomic mass is 10.1. The van der Waals surface area contributed by atoms with Gasteiger partial charge in [-0.05, 0) is 17.2 Å². The maximum atomic E-state index is 11.1. The minimum Gasteiger partial charge on any atom is -0.744 e. The van der Waals surface area contributed by atoms with Crippen LogP contribution in [0, 0.1) is 0 Å². The van der Waals surface area contributed by atoms with Crippen LogP contribution >= 0.6 is 0 Å². The van der Waals surface area contributed by atoms with E-state index in [0.717, 1.165) is 5.56 Å². The van der Waals surface area contributed by atoms with E-state index in [4.69, 9.17) is 0 Å². The van der Waals surface area contributed by atoms with Crippen molar-refractivity contribution in [3.8, 4) is 11.1 Å². The van der Waals surface area contributed by atoms with Gasteiger partial charge in [-0.15, -0.1) is 0 Å². The summed E-state index contributed by atoms with van der Waals surface area (Å²) in [4.78, 5) is -0.179. The molecule has 0 bridgehead atoms. The molecule has 0 spiro atoms. The van der Waals surface area contributed by atoms with E-state index in [0.29, 0.717) is 5.56 Å². The Kier molecular flexibility index (Phi) is 2.77. The SMILES string of the molecule is O=S(=O)([O-])c1ccccc1-c1ccccc1. The predicted molar refractivity (Wildman–Crippen MR) is 59.8 cm³/mol. The van der Waals surface area contributed by atoms with Gasteiger partial charge in [-0.2, -0.15) is 0 Å². The van der Waals surface area contributed by atoms with Crippen molar-refractivity contribution >= 4 is 10.1 Å². The zero-order valence-corrected chi connectivity index (χ0v) is 9.15. The molecule has 0 saturated heterocycles. The van der Waals surface area contributed by atoms with Crippen LogP contribution in [0.15, 0.2) is 59.5 Å². The van der Waals surface area contributed by atoms with E-state index in [9.17, 15) is 13.0 Å². The largest absolute Gasteiger partial charge is 0.744 e. The summed E-state index contributed by atoms with van der Waals surface area (Å²) in [6.45, 7) is 0. The standard InChI is InChI=1S/C12H10O3S/c13-16(14,15)12-9-5-4-8-11(12)10-6-2-1-3-7-10/h1-9H,(H,13,14,15)/p-1. The third kappa shape index (κ3) is 2.13. The first-order valence-corrected chi connectivity index (χ1v) is 6.10. The van der Waals surface area contributed by atoms with E-state index in [1.165, 1.54) is 12.1 Å². The second-order valence-electron chi connectivity index (χ2n) is 3.32. The van der Waals surface area contributed by atoms with Crippen LogP contribution in [0.25, 0.3) is 11.1 Å². The van der Waals surface area contributed by atoms with Crippen LogP contribution in [-0.2, 0) is 10.1 Å². The van der Waals surface area contributed by atoms with Crippen molar-refractivity contribution in [2.75, 3.05) is 0 Å². The normalized spacial score (nSPS) is 11.3. The Bertz CT molecular complexity index is 589. The molecule has 0 aliphatic carbocycles. The molecule has 2 rings (SSSR count). The maximum Gasteiger partial charge on any atom is 0.125 e. The summed E-state index contributed by atoms with van der Waals surface area (Å²) in [5.74, 6) is 0. The summed E-state index contributed by atoms with van der Waals surface area (Å²) in [5, 5.41) is 0. The molecule has 0 atom stereocenters. The van der Waals surface area contributed by atoms with Crippen molar-refractivity contribution in [1.29, 1.82) is 0 Å². The van der Waals surface area contributed by atoms with Gasteiger partial charge in [-0.1, -0.05) is 48.5 Å². The van der Waals surface area contributed by atoms with Crippen molar-refractivity contribution < 1.29 is 13.0 Å². The Morgan fingerprint density at radius 2 is 1.38 bits per heavy atom. The predicted octanol–water partition coefficient (Wildman–Crippen LogP) is 2.26. The lowest BCUT2D eigenvalue weighted by Crippen LogP contribution is -2.00. The number of rotatable bonds is 2. The van der Waals surface area contributed by atoms with Crippen LogP contribution < -0.4 is 0 Å². The van der Waals surface area contributed by atoms with E-state index >= 15 is 0 Å². The quantitative estimate of drug-likeness (QED) is 0.747. The highest BCUT2D eigenvalue weighted by Gasteiger charge is 2.08. The van der Waals surface area contributed by atoms with E-state index in [-0.39, 0.29) is 4.90 Å². The highest BCUT2D eigenvalue weighted by molar-refractivity contribution is 7.85. The van der Waals surface area contributed by atoms with Gasteiger partial charge in [-0.3, -0.25) is 0 Å². The third-order valence-electron chi connectivity index (χ3n) is 2.24. The fraction of sp³-hybridized carbons (Fsp3) is 0. The van der Waals surface area contributed by atoms with Gasteiger partial charge in [0.2, 0.25) is 0 Å². The fourth-order valence-electron chi connectivity index (χ4n) is 1.54. The molecule has 3 nitrogen and oxygen atoms in total.